The lowest BCUT2D eigenvalue weighted by molar-refractivity contribution is 0.262. The zero-order valence-electron chi connectivity index (χ0n) is 12.3. The van der Waals surface area contributed by atoms with Gasteiger partial charge in [-0.05, 0) is 32.9 Å². The molecular weight excluding hydrogens is 268 g/mol. The Morgan fingerprint density at radius 1 is 1.10 bits per heavy atom. The third-order valence-electron chi connectivity index (χ3n) is 2.79. The van der Waals surface area contributed by atoms with Gasteiger partial charge in [0.2, 0.25) is 0 Å². The van der Waals surface area contributed by atoms with Crippen LogP contribution in [0.1, 0.15) is 18.3 Å². The van der Waals surface area contributed by atoms with E-state index in [1.807, 2.05) is 37.3 Å². The molecule has 1 aromatic heterocycles. The van der Waals surface area contributed by atoms with E-state index >= 15 is 0 Å². The zero-order valence-corrected chi connectivity index (χ0v) is 12.3. The highest BCUT2D eigenvalue weighted by molar-refractivity contribution is 6.00. The van der Waals surface area contributed by atoms with Crippen LogP contribution in [0.3, 0.4) is 0 Å². The maximum absolute atomic E-state index is 12.0. The Kier molecular flexibility index (Phi) is 4.71. The highest BCUT2D eigenvalue weighted by atomic mass is 16.5. The summed E-state index contributed by atoms with van der Waals surface area (Å²) in [6.45, 7) is 5.97. The summed E-state index contributed by atoms with van der Waals surface area (Å²) in [7, 11) is 0. The Morgan fingerprint density at radius 3 is 2.29 bits per heavy atom. The molecule has 110 valence electrons. The number of aromatic nitrogens is 2. The molecule has 1 aromatic carbocycles. The van der Waals surface area contributed by atoms with Crippen molar-refractivity contribution in [3.63, 3.8) is 0 Å². The van der Waals surface area contributed by atoms with Gasteiger partial charge in [0, 0.05) is 5.69 Å². The van der Waals surface area contributed by atoms with Crippen LogP contribution >= 0.6 is 0 Å². The van der Waals surface area contributed by atoms with Crippen LogP contribution in [-0.2, 0) is 0 Å². The van der Waals surface area contributed by atoms with Crippen LogP contribution in [0.4, 0.5) is 16.2 Å². The molecule has 0 bridgehead atoms. The molecule has 0 saturated heterocycles. The lowest BCUT2D eigenvalue weighted by Crippen LogP contribution is -2.21. The number of rotatable bonds is 4. The molecule has 0 radical (unpaired) electrons. The van der Waals surface area contributed by atoms with Gasteiger partial charge in [0.15, 0.2) is 0 Å². The van der Waals surface area contributed by atoms with Crippen molar-refractivity contribution in [2.45, 2.75) is 20.8 Å². The average molecular weight is 286 g/mol. The van der Waals surface area contributed by atoms with Crippen LogP contribution in [0.15, 0.2) is 30.3 Å². The first-order chi connectivity index (χ1) is 10.1. The van der Waals surface area contributed by atoms with Crippen LogP contribution in [0.2, 0.25) is 0 Å². The minimum Gasteiger partial charge on any atom is -0.464 e. The minimum atomic E-state index is -0.333. The molecule has 2 amide bonds. The van der Waals surface area contributed by atoms with Crippen molar-refractivity contribution in [2.24, 2.45) is 0 Å². The topological polar surface area (TPSA) is 76.1 Å². The Bertz CT molecular complexity index is 606. The molecule has 2 N–H and O–H groups in total. The van der Waals surface area contributed by atoms with E-state index in [0.29, 0.717) is 29.7 Å². The summed E-state index contributed by atoms with van der Waals surface area (Å²) in [5.41, 5.74) is 2.63. The molecule has 1 heterocycles. The number of urea groups is 1. The number of para-hydroxylation sites is 1. The second kappa shape index (κ2) is 6.69. The molecule has 0 atom stereocenters. The van der Waals surface area contributed by atoms with E-state index in [1.165, 1.54) is 0 Å². The number of ether oxygens (including phenoxy) is 1. The summed E-state index contributed by atoms with van der Waals surface area (Å²) in [5, 5.41) is 5.51. The van der Waals surface area contributed by atoms with E-state index in [4.69, 9.17) is 4.74 Å². The smallest absolute Gasteiger partial charge is 0.323 e. The van der Waals surface area contributed by atoms with Gasteiger partial charge in [-0.1, -0.05) is 18.2 Å². The normalized spacial score (nSPS) is 10.0. The molecule has 2 rings (SSSR count). The number of amides is 2. The first kappa shape index (κ1) is 14.8. The summed E-state index contributed by atoms with van der Waals surface area (Å²) in [6, 6.07) is 9.21. The van der Waals surface area contributed by atoms with Gasteiger partial charge >= 0.3 is 12.0 Å². The maximum Gasteiger partial charge on any atom is 0.323 e. The van der Waals surface area contributed by atoms with Crippen molar-refractivity contribution < 1.29 is 9.53 Å². The van der Waals surface area contributed by atoms with Gasteiger partial charge in [-0.3, -0.25) is 0 Å². The highest BCUT2D eigenvalue weighted by Gasteiger charge is 2.12. The number of hydrogen-bond acceptors (Lipinski definition) is 4. The van der Waals surface area contributed by atoms with Crippen molar-refractivity contribution in [2.75, 3.05) is 17.2 Å². The van der Waals surface area contributed by atoms with Crippen LogP contribution < -0.4 is 15.4 Å². The van der Waals surface area contributed by atoms with Gasteiger partial charge in [0.25, 0.3) is 0 Å². The number of aryl methyl sites for hydroxylation is 2. The molecule has 0 spiro atoms. The summed E-state index contributed by atoms with van der Waals surface area (Å²) in [5.74, 6) is 0. The fourth-order valence-corrected chi connectivity index (χ4v) is 1.86. The number of nitrogens with zero attached hydrogens (tertiary/aromatic N) is 2. The second-order valence-electron chi connectivity index (χ2n) is 4.43. The van der Waals surface area contributed by atoms with Crippen LogP contribution in [-0.4, -0.2) is 22.6 Å². The number of hydrogen-bond donors (Lipinski definition) is 2. The first-order valence-corrected chi connectivity index (χ1v) is 6.71. The van der Waals surface area contributed by atoms with Gasteiger partial charge in [-0.25, -0.2) is 4.79 Å². The summed E-state index contributed by atoms with van der Waals surface area (Å²) < 4.78 is 5.27. The number of anilines is 2. The van der Waals surface area contributed by atoms with E-state index in [2.05, 4.69) is 20.6 Å². The second-order valence-corrected chi connectivity index (χ2v) is 4.43. The molecule has 0 aliphatic heterocycles. The molecule has 21 heavy (non-hydrogen) atoms. The molecule has 0 fully saturated rings. The third-order valence-corrected chi connectivity index (χ3v) is 2.79. The fourth-order valence-electron chi connectivity index (χ4n) is 1.86. The van der Waals surface area contributed by atoms with Crippen LogP contribution in [0.25, 0.3) is 0 Å². The van der Waals surface area contributed by atoms with E-state index in [9.17, 15) is 4.79 Å². The van der Waals surface area contributed by atoms with E-state index < -0.39 is 0 Å². The standard InChI is InChI=1S/C15H18N4O2/c1-4-21-15-16-10(2)13(11(3)17-15)19-14(20)18-12-8-6-5-7-9-12/h5-9H,4H2,1-3H3,(H2,18,19,20). The summed E-state index contributed by atoms with van der Waals surface area (Å²) >= 11 is 0. The maximum atomic E-state index is 12.0. The lowest BCUT2D eigenvalue weighted by atomic mass is 10.3. The van der Waals surface area contributed by atoms with Crippen molar-refractivity contribution in [1.82, 2.24) is 9.97 Å². The van der Waals surface area contributed by atoms with Gasteiger partial charge in [0.1, 0.15) is 0 Å². The molecular formula is C15H18N4O2. The first-order valence-electron chi connectivity index (χ1n) is 6.71. The molecule has 0 aliphatic rings. The Labute approximate surface area is 123 Å². The van der Waals surface area contributed by atoms with Crippen molar-refractivity contribution in [1.29, 1.82) is 0 Å². The van der Waals surface area contributed by atoms with Crippen LogP contribution in [0.5, 0.6) is 6.01 Å². The third kappa shape index (κ3) is 3.92. The molecule has 0 unspecified atom stereocenters. The monoisotopic (exact) mass is 286 g/mol. The van der Waals surface area contributed by atoms with Crippen molar-refractivity contribution >= 4 is 17.4 Å². The Morgan fingerprint density at radius 2 is 1.71 bits per heavy atom. The summed E-state index contributed by atoms with van der Waals surface area (Å²) in [4.78, 5) is 20.4. The summed E-state index contributed by atoms with van der Waals surface area (Å²) in [6.07, 6.45) is 0. The number of benzene rings is 1. The van der Waals surface area contributed by atoms with E-state index in [0.717, 1.165) is 5.69 Å². The van der Waals surface area contributed by atoms with Gasteiger partial charge in [-0.2, -0.15) is 9.97 Å². The minimum absolute atomic E-state index is 0.321. The van der Waals surface area contributed by atoms with E-state index in [1.54, 1.807) is 13.8 Å². The molecule has 0 aliphatic carbocycles. The number of nitrogens with one attached hydrogen (secondary N) is 2. The fraction of sp³-hybridized carbons (Fsp3) is 0.267. The zero-order chi connectivity index (χ0) is 15.2. The Balaban J connectivity index is 2.10. The number of carbonyl (C=O) groups is 1. The van der Waals surface area contributed by atoms with Crippen LogP contribution in [0, 0.1) is 13.8 Å². The predicted octanol–water partition coefficient (Wildman–Crippen LogP) is 3.14. The molecule has 2 aromatic rings. The molecule has 6 nitrogen and oxygen atoms in total. The Hall–Kier alpha value is -2.63. The molecule has 6 heteroatoms. The average Bonchev–Trinajstić information content (AvgIpc) is 2.44. The van der Waals surface area contributed by atoms with Crippen molar-refractivity contribution in [3.8, 4) is 6.01 Å². The number of carbonyl (C=O) groups excluding carboxylic acids is 1. The van der Waals surface area contributed by atoms with E-state index in [-0.39, 0.29) is 6.03 Å². The molecule has 0 saturated carbocycles. The van der Waals surface area contributed by atoms with Gasteiger partial charge in [0.05, 0.1) is 23.7 Å². The largest absolute Gasteiger partial charge is 0.464 e. The lowest BCUT2D eigenvalue weighted by Gasteiger charge is -2.12. The highest BCUT2D eigenvalue weighted by Crippen LogP contribution is 2.19. The van der Waals surface area contributed by atoms with Gasteiger partial charge in [-0.15, -0.1) is 0 Å². The predicted molar refractivity (Wildman–Crippen MR) is 81.8 cm³/mol. The quantitative estimate of drug-likeness (QED) is 0.905. The van der Waals surface area contributed by atoms with Gasteiger partial charge < -0.3 is 15.4 Å². The van der Waals surface area contributed by atoms with Crippen molar-refractivity contribution in [3.05, 3.63) is 41.7 Å². The SMILES string of the molecule is CCOc1nc(C)c(NC(=O)Nc2ccccc2)c(C)n1.